The van der Waals surface area contributed by atoms with Gasteiger partial charge in [0.1, 0.15) is 5.75 Å². The number of pyridine rings is 1. The Morgan fingerprint density at radius 3 is 2.79 bits per heavy atom. The van der Waals surface area contributed by atoms with E-state index in [0.717, 1.165) is 35.2 Å². The number of piperidine rings is 1. The highest BCUT2D eigenvalue weighted by molar-refractivity contribution is 9.10. The quantitative estimate of drug-likeness (QED) is 0.326. The van der Waals surface area contributed by atoms with Gasteiger partial charge in [0.15, 0.2) is 5.69 Å². The summed E-state index contributed by atoms with van der Waals surface area (Å²) in [7, 11) is 1.49. The first-order valence-corrected chi connectivity index (χ1v) is 13.2. The smallest absolute Gasteiger partial charge is 0.299 e. The minimum atomic E-state index is -0.560. The highest BCUT2D eigenvalue weighted by atomic mass is 79.9. The highest BCUT2D eigenvalue weighted by Crippen LogP contribution is 2.42. The number of rotatable bonds is 5. The Bertz CT molecular complexity index is 1640. The van der Waals surface area contributed by atoms with Gasteiger partial charge >= 0.3 is 0 Å². The number of aromatic hydroxyl groups is 1. The molecule has 4 aromatic rings. The number of para-hydroxylation sites is 1. The average Bonchev–Trinajstić information content (AvgIpc) is 3.17. The van der Waals surface area contributed by atoms with Crippen molar-refractivity contribution in [1.29, 1.82) is 0 Å². The molecule has 0 radical (unpaired) electrons. The fourth-order valence-corrected chi connectivity index (χ4v) is 6.18. The van der Waals surface area contributed by atoms with Crippen LogP contribution in [0.3, 0.4) is 0 Å². The van der Waals surface area contributed by atoms with Crippen molar-refractivity contribution in [3.63, 3.8) is 0 Å². The second kappa shape index (κ2) is 9.85. The Kier molecular flexibility index (Phi) is 6.37. The van der Waals surface area contributed by atoms with Crippen molar-refractivity contribution in [2.24, 2.45) is 16.1 Å². The molecular weight excluding hydrogens is 550 g/mol. The first kappa shape index (κ1) is 24.6. The van der Waals surface area contributed by atoms with Gasteiger partial charge in [-0.25, -0.2) is 0 Å². The van der Waals surface area contributed by atoms with Crippen molar-refractivity contribution in [2.75, 3.05) is 20.2 Å². The lowest BCUT2D eigenvalue weighted by molar-refractivity contribution is 0.0922. The van der Waals surface area contributed by atoms with E-state index in [2.05, 4.69) is 31.1 Å². The highest BCUT2D eigenvalue weighted by Gasteiger charge is 2.35. The van der Waals surface area contributed by atoms with Gasteiger partial charge in [-0.1, -0.05) is 34.1 Å². The van der Waals surface area contributed by atoms with Crippen LogP contribution < -0.4 is 10.3 Å². The van der Waals surface area contributed by atoms with Gasteiger partial charge in [0.05, 0.1) is 24.9 Å². The lowest BCUT2D eigenvalue weighted by Crippen LogP contribution is -2.47. The van der Waals surface area contributed by atoms with Crippen LogP contribution in [0.5, 0.6) is 11.6 Å². The largest absolute Gasteiger partial charge is 0.496 e. The fourth-order valence-electron chi connectivity index (χ4n) is 5.82. The first-order chi connectivity index (χ1) is 18.4. The molecule has 0 aliphatic carbocycles. The molecule has 1 saturated heterocycles. The monoisotopic (exact) mass is 575 g/mol. The zero-order chi connectivity index (χ0) is 26.4. The van der Waals surface area contributed by atoms with E-state index in [9.17, 15) is 14.7 Å². The zero-order valence-electron chi connectivity index (χ0n) is 20.7. The maximum absolute atomic E-state index is 12.8. The van der Waals surface area contributed by atoms with Crippen molar-refractivity contribution < 1.29 is 14.6 Å². The number of ether oxygens (including phenoxy) is 1. The molecule has 1 N–H and O–H groups in total. The Hall–Kier alpha value is -3.76. The number of nitrogens with zero attached hydrogens (tertiary/aromatic N) is 5. The predicted molar refractivity (Wildman–Crippen MR) is 146 cm³/mol. The van der Waals surface area contributed by atoms with Gasteiger partial charge in [-0.05, 0) is 48.7 Å². The van der Waals surface area contributed by atoms with Crippen molar-refractivity contribution in [3.8, 4) is 11.6 Å². The number of aromatic nitrogens is 2. The van der Waals surface area contributed by atoms with Crippen molar-refractivity contribution >= 4 is 38.4 Å². The van der Waals surface area contributed by atoms with Crippen LogP contribution in [0.25, 0.3) is 10.9 Å². The molecule has 194 valence electrons. The normalized spacial score (nSPS) is 19.1. The molecule has 38 heavy (non-hydrogen) atoms. The number of benzene rings is 2. The van der Waals surface area contributed by atoms with Gasteiger partial charge in [-0.2, -0.15) is 0 Å². The van der Waals surface area contributed by atoms with Gasteiger partial charge in [0.2, 0.25) is 5.88 Å². The van der Waals surface area contributed by atoms with Crippen LogP contribution in [0.2, 0.25) is 0 Å². The minimum absolute atomic E-state index is 0.0537. The van der Waals surface area contributed by atoms with E-state index in [4.69, 9.17) is 4.74 Å². The van der Waals surface area contributed by atoms with E-state index in [1.807, 2.05) is 39.5 Å². The van der Waals surface area contributed by atoms with Gasteiger partial charge in [-0.3, -0.25) is 19.1 Å². The van der Waals surface area contributed by atoms with Crippen LogP contribution in [0, 0.1) is 5.92 Å². The van der Waals surface area contributed by atoms with Gasteiger partial charge in [0, 0.05) is 47.2 Å². The molecular formula is C28H26BrN5O4. The van der Waals surface area contributed by atoms with Crippen LogP contribution >= 0.6 is 15.9 Å². The van der Waals surface area contributed by atoms with Gasteiger partial charge in [-0.15, -0.1) is 10.2 Å². The summed E-state index contributed by atoms with van der Waals surface area (Å²) in [4.78, 5) is 27.5. The number of azo groups is 1. The number of methoxy groups -OCH3 is 1. The summed E-state index contributed by atoms with van der Waals surface area (Å²) in [6.45, 7) is 2.75. The minimum Gasteiger partial charge on any atom is -0.496 e. The number of likely N-dealkylation sites (tertiary alicyclic amines) is 1. The fraction of sp³-hybridized carbons (Fsp3) is 0.286. The molecule has 2 atom stereocenters. The third-order valence-corrected chi connectivity index (χ3v) is 7.94. The Balaban J connectivity index is 1.32. The number of fused-ring (bicyclic) bond motifs is 5. The molecule has 2 aromatic heterocycles. The molecule has 1 amide bonds. The number of amides is 1. The van der Waals surface area contributed by atoms with E-state index in [1.165, 1.54) is 7.11 Å². The van der Waals surface area contributed by atoms with Crippen molar-refractivity contribution in [2.45, 2.75) is 25.6 Å². The Morgan fingerprint density at radius 2 is 1.95 bits per heavy atom. The van der Waals surface area contributed by atoms with Crippen LogP contribution in [0.15, 0.2) is 80.2 Å². The maximum atomic E-state index is 12.8. The zero-order valence-corrected chi connectivity index (χ0v) is 22.3. The molecule has 0 saturated carbocycles. The second-order valence-corrected chi connectivity index (χ2v) is 10.8. The summed E-state index contributed by atoms with van der Waals surface area (Å²) in [6.07, 6.45) is 1.05. The number of halogens is 1. The van der Waals surface area contributed by atoms with E-state index < -0.39 is 5.91 Å². The van der Waals surface area contributed by atoms with E-state index >= 15 is 0 Å². The predicted octanol–water partition coefficient (Wildman–Crippen LogP) is 5.28. The third kappa shape index (κ3) is 4.33. The summed E-state index contributed by atoms with van der Waals surface area (Å²) >= 11 is 3.50. The average molecular weight is 576 g/mol. The molecule has 1 fully saturated rings. The lowest BCUT2D eigenvalue weighted by Gasteiger charge is -2.42. The van der Waals surface area contributed by atoms with Crippen LogP contribution in [0.1, 0.15) is 28.4 Å². The second-order valence-electron chi connectivity index (χ2n) is 9.84. The summed E-state index contributed by atoms with van der Waals surface area (Å²) in [5, 5.41) is 20.1. The molecule has 10 heteroatoms. The molecule has 2 aliphatic rings. The Morgan fingerprint density at radius 1 is 1.11 bits per heavy atom. The van der Waals surface area contributed by atoms with Gasteiger partial charge in [0.25, 0.3) is 11.5 Å². The molecule has 4 heterocycles. The molecule has 2 unspecified atom stereocenters. The van der Waals surface area contributed by atoms with Crippen LogP contribution in [0.4, 0.5) is 5.69 Å². The maximum Gasteiger partial charge on any atom is 0.299 e. The van der Waals surface area contributed by atoms with E-state index in [0.29, 0.717) is 35.8 Å². The SMILES string of the molecule is COc1ccccc1C(=O)N=Nc1c(O)n(CN2CC3CC(C2)c2cccc(=O)n2C3)c2ccc(Br)cc12. The molecule has 6 rings (SSSR count). The van der Waals surface area contributed by atoms with Gasteiger partial charge < -0.3 is 14.4 Å². The standard InChI is InChI=1S/C28H26BrN5O4/c1-38-24-7-3-2-5-20(24)27(36)31-30-26-21-12-19(29)9-10-23(21)34(28(26)37)16-32-13-17-11-18(15-32)22-6-4-8-25(35)33(22)14-17/h2-10,12,17-18,37H,11,13-16H2,1H3. The third-order valence-electron chi connectivity index (χ3n) is 7.45. The van der Waals surface area contributed by atoms with Crippen molar-refractivity contribution in [1.82, 2.24) is 14.0 Å². The molecule has 9 nitrogen and oxygen atoms in total. The van der Waals surface area contributed by atoms with E-state index in [1.54, 1.807) is 30.3 Å². The summed E-state index contributed by atoms with van der Waals surface area (Å²) < 4.78 is 9.81. The topological polar surface area (TPSA) is 101 Å². The first-order valence-electron chi connectivity index (χ1n) is 12.4. The van der Waals surface area contributed by atoms with Crippen LogP contribution in [-0.2, 0) is 13.2 Å². The number of carbonyl (C=O) groups is 1. The molecule has 2 bridgehead atoms. The molecule has 0 spiro atoms. The number of hydrogen-bond donors (Lipinski definition) is 1. The molecule has 2 aromatic carbocycles. The number of hydrogen-bond acceptors (Lipinski definition) is 6. The summed E-state index contributed by atoms with van der Waals surface area (Å²) in [5.74, 6) is 0.409. The van der Waals surface area contributed by atoms with E-state index in [-0.39, 0.29) is 23.0 Å². The summed E-state index contributed by atoms with van der Waals surface area (Å²) in [6, 6.07) is 18.0. The summed E-state index contributed by atoms with van der Waals surface area (Å²) in [5.41, 5.74) is 2.45. The lowest BCUT2D eigenvalue weighted by atomic mass is 9.83. The number of carbonyl (C=O) groups excluding carboxylic acids is 1. The molecule has 2 aliphatic heterocycles. The Labute approximate surface area is 227 Å². The van der Waals surface area contributed by atoms with Crippen molar-refractivity contribution in [3.05, 3.63) is 86.7 Å². The van der Waals surface area contributed by atoms with Crippen LogP contribution in [-0.4, -0.2) is 45.2 Å².